The quantitative estimate of drug-likeness (QED) is 0.0192. The van der Waals surface area contributed by atoms with Gasteiger partial charge in [0.1, 0.15) is 96.9 Å². The van der Waals surface area contributed by atoms with Gasteiger partial charge in [-0.1, -0.05) is 127 Å². The predicted octanol–water partition coefficient (Wildman–Crippen LogP) is -2.16. The van der Waals surface area contributed by atoms with Crippen molar-refractivity contribution < 1.29 is 121 Å². The lowest BCUT2D eigenvalue weighted by Crippen LogP contribution is -2.61. The molecule has 2 aromatic heterocycles. The number of hydrogen-bond acceptors (Lipinski definition) is 25. The second-order valence-electron chi connectivity index (χ2n) is 37.4. The summed E-state index contributed by atoms with van der Waals surface area (Å²) < 4.78 is 1.43. The first kappa shape index (κ1) is 118. The van der Waals surface area contributed by atoms with Gasteiger partial charge in [0.05, 0.1) is 37.9 Å². The zero-order valence-corrected chi connectivity index (χ0v) is 85.3. The largest absolute Gasteiger partial charge is 0.508 e. The number of carboxylic acid groups (broad SMARTS) is 2. The van der Waals surface area contributed by atoms with Gasteiger partial charge in [0.15, 0.2) is 0 Å². The molecule has 3 saturated heterocycles. The number of likely N-dealkylation sites (N-methyl/N-ethyl adjacent to an activating group) is 3. The van der Waals surface area contributed by atoms with Gasteiger partial charge < -0.3 is 135 Å². The number of thioether (sulfide) groups is 1. The fourth-order valence-corrected chi connectivity index (χ4v) is 18.5. The van der Waals surface area contributed by atoms with Crippen LogP contribution in [0.1, 0.15) is 180 Å². The number of aliphatic carboxylic acids is 2. The normalized spacial score (nSPS) is 23.6. The number of H-pyrrole nitrogens is 1. The zero-order chi connectivity index (χ0) is 108. The lowest BCUT2D eigenvalue weighted by Gasteiger charge is -2.36. The summed E-state index contributed by atoms with van der Waals surface area (Å²) in [7, 11) is 3.83. The van der Waals surface area contributed by atoms with Crippen molar-refractivity contribution in [3.05, 3.63) is 102 Å². The number of nitrogens with zero attached hydrogens (tertiary/aromatic N) is 6. The highest BCUT2D eigenvalue weighted by molar-refractivity contribution is 8.00. The number of rotatable bonds is 35. The monoisotopic (exact) mass is 2070 g/mol. The van der Waals surface area contributed by atoms with Crippen LogP contribution in [0.15, 0.2) is 85.2 Å². The van der Waals surface area contributed by atoms with E-state index in [4.69, 9.17) is 16.6 Å². The van der Waals surface area contributed by atoms with Crippen molar-refractivity contribution in [2.24, 2.45) is 11.5 Å². The van der Waals surface area contributed by atoms with Gasteiger partial charge >= 0.3 is 11.9 Å². The van der Waals surface area contributed by atoms with Gasteiger partial charge in [-0.2, -0.15) is 0 Å². The maximum absolute atomic E-state index is 15.8. The van der Waals surface area contributed by atoms with Crippen LogP contribution in [0.5, 0.6) is 5.75 Å². The summed E-state index contributed by atoms with van der Waals surface area (Å²) in [5, 5.41) is 74.8. The summed E-state index contributed by atoms with van der Waals surface area (Å²) >= 11 is 0.723. The standard InChI is InChI=1S/C99H142N22O25S/c1-10-12-30-75-92(139)108-57(4)87(134)115-73(89(136)106-50-82(127)105-49-81(126)104-48-80(125)102-39-25-19-17-15-14-16-18-20-34-84(129)130)54-147-55-83(128)110-69(41-60-35-37-63(122)38-36-60)96(143)116(7)59(6)88(135)113-71(45-79(101)124)98(145)120-40-26-33-76(120)93(140)114-72(46-100)91(138)109-58(5)95(142)121-52-64(123)44-78(121)94(141)111-68(42-61-47-103-67-29-23-21-27-65(61)67)90(137)107-56(3)86(133)112-70(97(144)118(9)77(31-13-11-2)99(146)117(75)8)43-62-51-119(53-85(131)132)74-32-24-22-28-66(62)74/h21-24,27-29,32,35-38,47,51,56-59,64,68-73,75-78,103,122-123H,10-20,25-26,30-31,33-34,39-46,48-50,52-55,100H2,1-9H3,(H2,101,124)(H,102,125)(H,104,126)(H,105,127)(H,106,136)(H,107,137)(H,108,139)(H,109,138)(H,110,128)(H,111,141)(H,112,133)(H,113,135)(H,114,140)(H,115,134)(H,129,130)(H,131,132)/t56-,57-,58?,59-,64+,68-,69-,70-,71-,72-,73-,75-,76-,77-,78+/m0/s1. The third kappa shape index (κ3) is 35.5. The molecule has 0 spiro atoms. The molecular weight excluding hydrogens is 1930 g/mol. The Kier molecular flexibility index (Phi) is 46.6. The lowest BCUT2D eigenvalue weighted by atomic mass is 10.00. The molecule has 5 aromatic rings. The Morgan fingerprint density at radius 1 is 0.490 bits per heavy atom. The molecule has 147 heavy (non-hydrogen) atoms. The van der Waals surface area contributed by atoms with Gasteiger partial charge in [-0.05, 0) is 107 Å². The van der Waals surface area contributed by atoms with Crippen molar-refractivity contribution in [2.45, 2.75) is 280 Å². The Balaban J connectivity index is 1.11. The highest BCUT2D eigenvalue weighted by Gasteiger charge is 2.46. The second kappa shape index (κ2) is 58.1. The molecule has 22 N–H and O–H groups in total. The van der Waals surface area contributed by atoms with Crippen LogP contribution in [-0.2, 0) is 126 Å². The van der Waals surface area contributed by atoms with Gasteiger partial charge in [0.2, 0.25) is 112 Å². The molecule has 3 aliphatic rings. The molecule has 0 bridgehead atoms. The van der Waals surface area contributed by atoms with E-state index in [-0.39, 0.29) is 70.1 Å². The van der Waals surface area contributed by atoms with Crippen molar-refractivity contribution in [1.29, 1.82) is 0 Å². The molecule has 1 unspecified atom stereocenters. The number of nitrogens with one attached hydrogen (secondary N) is 14. The number of carboxylic acids is 2. The second-order valence-corrected chi connectivity index (χ2v) is 38.4. The maximum atomic E-state index is 15.8. The highest BCUT2D eigenvalue weighted by Crippen LogP contribution is 2.29. The Hall–Kier alpha value is -14.3. The van der Waals surface area contributed by atoms with Gasteiger partial charge in [-0.25, -0.2) is 0 Å². The smallest absolute Gasteiger partial charge is 0.323 e. The number of phenols is 1. The Morgan fingerprint density at radius 2 is 1.03 bits per heavy atom. The minimum absolute atomic E-state index is 0.0336. The Morgan fingerprint density at radius 3 is 1.67 bits per heavy atom. The molecule has 48 heteroatoms. The van der Waals surface area contributed by atoms with Crippen molar-refractivity contribution in [1.82, 2.24) is 103 Å². The Bertz CT molecular complexity index is 5500. The SMILES string of the molecule is CCCC[C@H]1C(=O)N(C)[C@@H](CCCC)C(=O)N[C@@H](C)C(=O)N[C@H](C(=O)NCC(=O)NCC(=O)NCC(=O)NCCCCCCCCCCC(=O)O)CSCC(=O)N[C@@H](Cc2ccc(O)cc2)C(=O)N(C)[C@@H](C)C(=O)N[C@@H](CC(N)=O)C(=O)N2CCC[C@H]2C(=O)N[C@@H](CN)C(=O)NC(C)C(=O)N2C[C@H](O)C[C@@H]2C(=O)N[C@@H](Cc2c[nH]c3ccccc23)C(=O)N[C@@H](C)C(=O)N[C@@H](Cc2cn(CC(=O)O)c3ccccc23)C(=O)N1C. The molecule has 3 aromatic carbocycles. The molecule has 3 fully saturated rings. The minimum atomic E-state index is -1.79. The number of fused-ring (bicyclic) bond motifs is 4. The van der Waals surface area contributed by atoms with E-state index in [1.165, 1.54) is 83.9 Å². The van der Waals surface area contributed by atoms with E-state index in [2.05, 4.69) is 74.1 Å². The molecule has 19 amide bonds. The van der Waals surface area contributed by atoms with E-state index in [1.54, 1.807) is 54.7 Å². The summed E-state index contributed by atoms with van der Waals surface area (Å²) in [5.41, 5.74) is 14.1. The van der Waals surface area contributed by atoms with Crippen molar-refractivity contribution >= 4 is 158 Å². The molecule has 0 aliphatic carbocycles. The number of hydrogen-bond donors (Lipinski definition) is 20. The van der Waals surface area contributed by atoms with Crippen molar-refractivity contribution in [2.75, 3.05) is 78.5 Å². The first-order valence-electron chi connectivity index (χ1n) is 49.7. The van der Waals surface area contributed by atoms with Crippen LogP contribution in [0, 0.1) is 0 Å². The molecule has 804 valence electrons. The highest BCUT2D eigenvalue weighted by atomic mass is 32.2. The van der Waals surface area contributed by atoms with Crippen LogP contribution in [0.3, 0.4) is 0 Å². The number of para-hydroxylation sites is 2. The van der Waals surface area contributed by atoms with Crippen LogP contribution in [-0.4, -0.2) is 348 Å². The first-order chi connectivity index (χ1) is 69.9. The molecular formula is C99H142N22O25S. The number of unbranched alkanes of at least 4 members (excludes halogenated alkanes) is 9. The minimum Gasteiger partial charge on any atom is -0.508 e. The number of nitrogens with two attached hydrogens (primary N) is 2. The summed E-state index contributed by atoms with van der Waals surface area (Å²) in [4.78, 5) is 306. The van der Waals surface area contributed by atoms with Gasteiger partial charge in [-0.3, -0.25) is 101 Å². The van der Waals surface area contributed by atoms with Gasteiger partial charge in [0, 0.05) is 119 Å². The topological polar surface area (TPSA) is 685 Å². The summed E-state index contributed by atoms with van der Waals surface area (Å²) in [6.07, 6.45) is 7.95. The fourth-order valence-electron chi connectivity index (χ4n) is 17.6. The van der Waals surface area contributed by atoms with E-state index in [0.29, 0.717) is 83.6 Å². The Labute approximate surface area is 855 Å². The number of aliphatic hydroxyl groups is 1. The number of phenolic OH excluding ortho intramolecular Hbond substituents is 1. The molecule has 5 heterocycles. The molecule has 0 saturated carbocycles. The third-order valence-corrected chi connectivity index (χ3v) is 27.1. The van der Waals surface area contributed by atoms with Crippen molar-refractivity contribution in [3.8, 4) is 5.75 Å². The van der Waals surface area contributed by atoms with E-state index in [9.17, 15) is 92.0 Å². The van der Waals surface area contributed by atoms with Crippen LogP contribution in [0.2, 0.25) is 0 Å². The van der Waals surface area contributed by atoms with E-state index < -0.39 is 272 Å². The number of benzene rings is 3. The number of aromatic nitrogens is 2. The van der Waals surface area contributed by atoms with Gasteiger partial charge in [-0.15, -0.1) is 11.8 Å². The number of carbonyl (C=O) groups excluding carboxylic acids is 19. The fraction of sp³-hybridized carbons (Fsp3) is 0.566. The molecule has 47 nitrogen and oxygen atoms in total. The number of aromatic amines is 1. The van der Waals surface area contributed by atoms with Crippen LogP contribution >= 0.6 is 11.8 Å². The summed E-state index contributed by atoms with van der Waals surface area (Å²) in [5.74, 6) is -20.9. The third-order valence-electron chi connectivity index (χ3n) is 26.1. The predicted molar refractivity (Wildman–Crippen MR) is 538 cm³/mol. The zero-order valence-electron chi connectivity index (χ0n) is 84.5. The summed E-state index contributed by atoms with van der Waals surface area (Å²) in [6, 6.07) is -2.72. The van der Waals surface area contributed by atoms with Crippen LogP contribution < -0.4 is 80.6 Å². The van der Waals surface area contributed by atoms with E-state index in [1.807, 2.05) is 13.8 Å². The maximum Gasteiger partial charge on any atom is 0.323 e. The number of primary amides is 1. The van der Waals surface area contributed by atoms with Crippen LogP contribution in [0.25, 0.3) is 21.8 Å². The molecule has 0 radical (unpaired) electrons. The lowest BCUT2D eigenvalue weighted by molar-refractivity contribution is -0.149. The van der Waals surface area contributed by atoms with Crippen molar-refractivity contribution in [3.63, 3.8) is 0 Å². The average molecular weight is 2070 g/mol. The number of amides is 19. The van der Waals surface area contributed by atoms with Gasteiger partial charge in [0.25, 0.3) is 0 Å². The van der Waals surface area contributed by atoms with E-state index in [0.717, 1.165) is 74.8 Å². The first-order valence-corrected chi connectivity index (χ1v) is 50.9. The molecule has 3 aliphatic heterocycles. The number of carbonyl (C=O) groups is 21. The van der Waals surface area contributed by atoms with Crippen LogP contribution in [0.4, 0.5) is 0 Å². The molecule has 8 rings (SSSR count). The number of aromatic hydroxyl groups is 1. The summed E-state index contributed by atoms with van der Waals surface area (Å²) in [6.45, 7) is 5.35. The average Bonchev–Trinajstić information content (AvgIpc) is 1.69. The van der Waals surface area contributed by atoms with E-state index >= 15 is 24.0 Å². The number of aliphatic hydroxyl groups excluding tert-OH is 1. The molecule has 15 atom stereocenters.